The SMILES string of the molecule is O=C(NCC(CO)Cc1ccco1)c1cn2cccnc2n1. The van der Waals surface area contributed by atoms with E-state index in [-0.39, 0.29) is 18.4 Å². The van der Waals surface area contributed by atoms with E-state index in [1.165, 1.54) is 0 Å². The summed E-state index contributed by atoms with van der Waals surface area (Å²) in [5, 5.41) is 12.2. The Morgan fingerprint density at radius 2 is 2.36 bits per heavy atom. The van der Waals surface area contributed by atoms with Crippen molar-refractivity contribution < 1.29 is 14.3 Å². The van der Waals surface area contributed by atoms with Crippen LogP contribution in [0.1, 0.15) is 16.2 Å². The van der Waals surface area contributed by atoms with Gasteiger partial charge in [0.1, 0.15) is 11.5 Å². The molecule has 114 valence electrons. The molecule has 22 heavy (non-hydrogen) atoms. The smallest absolute Gasteiger partial charge is 0.271 e. The van der Waals surface area contributed by atoms with E-state index in [0.29, 0.717) is 24.4 Å². The first-order valence-electron chi connectivity index (χ1n) is 6.97. The Labute approximate surface area is 126 Å². The number of rotatable bonds is 6. The van der Waals surface area contributed by atoms with Crippen LogP contribution in [0.4, 0.5) is 0 Å². The Kier molecular flexibility index (Phi) is 4.15. The van der Waals surface area contributed by atoms with E-state index >= 15 is 0 Å². The van der Waals surface area contributed by atoms with Crippen molar-refractivity contribution in [3.63, 3.8) is 0 Å². The molecule has 1 amide bonds. The van der Waals surface area contributed by atoms with Crippen LogP contribution >= 0.6 is 0 Å². The summed E-state index contributed by atoms with van der Waals surface area (Å²) < 4.78 is 6.93. The van der Waals surface area contributed by atoms with Crippen LogP contribution in [-0.4, -0.2) is 38.5 Å². The number of amides is 1. The summed E-state index contributed by atoms with van der Waals surface area (Å²) >= 11 is 0. The van der Waals surface area contributed by atoms with Crippen LogP contribution in [0.3, 0.4) is 0 Å². The van der Waals surface area contributed by atoms with E-state index in [1.54, 1.807) is 41.4 Å². The molecule has 2 N–H and O–H groups in total. The molecule has 3 aromatic heterocycles. The van der Waals surface area contributed by atoms with Crippen LogP contribution in [0.2, 0.25) is 0 Å². The molecule has 0 saturated heterocycles. The summed E-state index contributed by atoms with van der Waals surface area (Å²) in [6, 6.07) is 5.41. The van der Waals surface area contributed by atoms with Crippen LogP contribution < -0.4 is 5.32 Å². The largest absolute Gasteiger partial charge is 0.469 e. The molecule has 0 bridgehead atoms. The van der Waals surface area contributed by atoms with Crippen molar-refractivity contribution in [1.29, 1.82) is 0 Å². The Balaban J connectivity index is 1.61. The van der Waals surface area contributed by atoms with Crippen LogP contribution in [0.25, 0.3) is 5.78 Å². The zero-order valence-electron chi connectivity index (χ0n) is 11.8. The van der Waals surface area contributed by atoms with Gasteiger partial charge in [0.2, 0.25) is 5.78 Å². The van der Waals surface area contributed by atoms with Crippen molar-refractivity contribution in [2.45, 2.75) is 6.42 Å². The van der Waals surface area contributed by atoms with Gasteiger partial charge in [0.25, 0.3) is 5.91 Å². The normalized spacial score (nSPS) is 12.4. The second-order valence-electron chi connectivity index (χ2n) is 5.00. The van der Waals surface area contributed by atoms with Crippen LogP contribution in [-0.2, 0) is 6.42 Å². The molecule has 3 aromatic rings. The lowest BCUT2D eigenvalue weighted by Crippen LogP contribution is -2.32. The maximum atomic E-state index is 12.1. The molecule has 3 rings (SSSR count). The summed E-state index contributed by atoms with van der Waals surface area (Å²) in [5.41, 5.74) is 0.299. The molecule has 0 aliphatic rings. The molecule has 0 fully saturated rings. The first-order chi connectivity index (χ1) is 10.8. The van der Waals surface area contributed by atoms with Crippen molar-refractivity contribution in [2.75, 3.05) is 13.2 Å². The highest BCUT2D eigenvalue weighted by molar-refractivity contribution is 5.92. The van der Waals surface area contributed by atoms with E-state index in [4.69, 9.17) is 4.42 Å². The molecule has 0 radical (unpaired) electrons. The number of aliphatic hydroxyl groups is 1. The summed E-state index contributed by atoms with van der Waals surface area (Å²) in [5.74, 6) is 0.862. The fraction of sp³-hybridized carbons (Fsp3) is 0.267. The monoisotopic (exact) mass is 300 g/mol. The molecule has 7 nitrogen and oxygen atoms in total. The number of furan rings is 1. The number of aromatic nitrogens is 3. The zero-order chi connectivity index (χ0) is 15.4. The van der Waals surface area contributed by atoms with Gasteiger partial charge in [-0.3, -0.25) is 9.20 Å². The molecular weight excluding hydrogens is 284 g/mol. The average Bonchev–Trinajstić information content (AvgIpc) is 3.19. The van der Waals surface area contributed by atoms with Gasteiger partial charge < -0.3 is 14.8 Å². The number of nitrogens with one attached hydrogen (secondary N) is 1. The van der Waals surface area contributed by atoms with Crippen molar-refractivity contribution in [2.24, 2.45) is 5.92 Å². The van der Waals surface area contributed by atoms with Gasteiger partial charge in [0, 0.05) is 44.1 Å². The minimum atomic E-state index is -0.289. The minimum absolute atomic E-state index is 0.0340. The lowest BCUT2D eigenvalue weighted by molar-refractivity contribution is 0.0934. The first kappa shape index (κ1) is 14.3. The fourth-order valence-electron chi connectivity index (χ4n) is 2.18. The number of carbonyl (C=O) groups is 1. The Morgan fingerprint density at radius 3 is 3.09 bits per heavy atom. The topological polar surface area (TPSA) is 92.7 Å². The van der Waals surface area contributed by atoms with E-state index in [0.717, 1.165) is 5.76 Å². The molecule has 0 aromatic carbocycles. The third kappa shape index (κ3) is 3.15. The molecule has 0 aliphatic carbocycles. The Hall–Kier alpha value is -2.67. The predicted molar refractivity (Wildman–Crippen MR) is 78.3 cm³/mol. The van der Waals surface area contributed by atoms with Crippen molar-refractivity contribution in [3.05, 3.63) is 54.5 Å². The summed E-state index contributed by atoms with van der Waals surface area (Å²) in [7, 11) is 0. The van der Waals surface area contributed by atoms with Crippen LogP contribution in [0.15, 0.2) is 47.5 Å². The Morgan fingerprint density at radius 1 is 1.45 bits per heavy atom. The van der Waals surface area contributed by atoms with Gasteiger partial charge >= 0.3 is 0 Å². The zero-order valence-corrected chi connectivity index (χ0v) is 11.8. The summed E-state index contributed by atoms with van der Waals surface area (Å²) in [6.45, 7) is 0.311. The molecule has 1 unspecified atom stereocenters. The second-order valence-corrected chi connectivity index (χ2v) is 5.00. The predicted octanol–water partition coefficient (Wildman–Crippen LogP) is 0.903. The highest BCUT2D eigenvalue weighted by atomic mass is 16.3. The maximum absolute atomic E-state index is 12.1. The van der Waals surface area contributed by atoms with E-state index < -0.39 is 0 Å². The number of aliphatic hydroxyl groups excluding tert-OH is 1. The average molecular weight is 300 g/mol. The van der Waals surface area contributed by atoms with Crippen molar-refractivity contribution in [3.8, 4) is 0 Å². The van der Waals surface area contributed by atoms with Gasteiger partial charge in [-0.2, -0.15) is 0 Å². The lowest BCUT2D eigenvalue weighted by Gasteiger charge is -2.13. The number of hydrogen-bond donors (Lipinski definition) is 2. The highest BCUT2D eigenvalue weighted by Crippen LogP contribution is 2.09. The number of carbonyl (C=O) groups excluding carboxylic acids is 1. The molecule has 0 aliphatic heterocycles. The number of hydrogen-bond acceptors (Lipinski definition) is 5. The molecule has 0 spiro atoms. The van der Waals surface area contributed by atoms with Gasteiger partial charge in [-0.05, 0) is 18.2 Å². The molecule has 7 heteroatoms. The molecule has 0 saturated carbocycles. The van der Waals surface area contributed by atoms with Crippen molar-refractivity contribution >= 4 is 11.7 Å². The van der Waals surface area contributed by atoms with Crippen LogP contribution in [0.5, 0.6) is 0 Å². The maximum Gasteiger partial charge on any atom is 0.271 e. The van der Waals surface area contributed by atoms with E-state index in [1.807, 2.05) is 6.07 Å². The first-order valence-corrected chi connectivity index (χ1v) is 6.97. The molecule has 3 heterocycles. The van der Waals surface area contributed by atoms with Gasteiger partial charge in [-0.1, -0.05) is 0 Å². The van der Waals surface area contributed by atoms with Crippen molar-refractivity contribution in [1.82, 2.24) is 19.7 Å². The van der Waals surface area contributed by atoms with Crippen LogP contribution in [0, 0.1) is 5.92 Å². The number of nitrogens with zero attached hydrogens (tertiary/aromatic N) is 3. The highest BCUT2D eigenvalue weighted by Gasteiger charge is 2.15. The van der Waals surface area contributed by atoms with E-state index in [2.05, 4.69) is 15.3 Å². The van der Waals surface area contributed by atoms with Gasteiger partial charge in [-0.15, -0.1) is 0 Å². The number of fused-ring (bicyclic) bond motifs is 1. The fourth-order valence-corrected chi connectivity index (χ4v) is 2.18. The summed E-state index contributed by atoms with van der Waals surface area (Å²) in [4.78, 5) is 20.3. The van der Waals surface area contributed by atoms with Gasteiger partial charge in [0.05, 0.1) is 6.26 Å². The lowest BCUT2D eigenvalue weighted by atomic mass is 10.1. The number of imidazole rings is 1. The van der Waals surface area contributed by atoms with Gasteiger partial charge in [-0.25, -0.2) is 9.97 Å². The third-order valence-electron chi connectivity index (χ3n) is 3.35. The quantitative estimate of drug-likeness (QED) is 0.705. The van der Waals surface area contributed by atoms with Gasteiger partial charge in [0.15, 0.2) is 0 Å². The minimum Gasteiger partial charge on any atom is -0.469 e. The molecule has 1 atom stereocenters. The third-order valence-corrected chi connectivity index (χ3v) is 3.35. The standard InChI is InChI=1S/C15H16N4O3/c20-10-11(7-12-3-1-6-22-12)8-17-14(21)13-9-19-5-2-4-16-15(19)18-13/h1-6,9,11,20H,7-8,10H2,(H,17,21). The van der Waals surface area contributed by atoms with E-state index in [9.17, 15) is 9.90 Å². The molecular formula is C15H16N4O3. The second kappa shape index (κ2) is 6.40. The summed E-state index contributed by atoms with van der Waals surface area (Å²) in [6.07, 6.45) is 7.18. The Bertz CT molecular complexity index is 718.